The largest absolute Gasteiger partial charge is 0.469 e. The average Bonchev–Trinajstić information content (AvgIpc) is 2.94. The summed E-state index contributed by atoms with van der Waals surface area (Å²) in [6, 6.07) is 0. The van der Waals surface area contributed by atoms with Crippen molar-refractivity contribution in [3.8, 4) is 0 Å². The minimum atomic E-state index is -0.129. The molecule has 0 heterocycles. The van der Waals surface area contributed by atoms with E-state index in [1.807, 2.05) is 18.2 Å². The molecule has 3 nitrogen and oxygen atoms in total. The Morgan fingerprint density at radius 3 is 2.71 bits per heavy atom. The number of carbonyl (C=O) groups is 2. The zero-order valence-electron chi connectivity index (χ0n) is 15.3. The molecule has 0 saturated heterocycles. The number of ketones is 1. The molecule has 1 aliphatic rings. The quantitative estimate of drug-likeness (QED) is 0.276. The molecule has 0 aromatic carbocycles. The van der Waals surface area contributed by atoms with Crippen LogP contribution in [0.2, 0.25) is 0 Å². The minimum Gasteiger partial charge on any atom is -0.469 e. The molecule has 134 valence electrons. The first-order valence-electron chi connectivity index (χ1n) is 9.35. The van der Waals surface area contributed by atoms with Crippen LogP contribution in [0.25, 0.3) is 0 Å². The van der Waals surface area contributed by atoms with Gasteiger partial charge in [-0.15, -0.1) is 0 Å². The second-order valence-electron chi connectivity index (χ2n) is 6.40. The maximum Gasteiger partial charge on any atom is 0.305 e. The van der Waals surface area contributed by atoms with E-state index in [1.165, 1.54) is 26.4 Å². The summed E-state index contributed by atoms with van der Waals surface area (Å²) in [7, 11) is 1.43. The van der Waals surface area contributed by atoms with Gasteiger partial charge in [-0.25, -0.2) is 0 Å². The predicted molar refractivity (Wildman–Crippen MR) is 98.7 cm³/mol. The summed E-state index contributed by atoms with van der Waals surface area (Å²) in [4.78, 5) is 23.0. The van der Waals surface area contributed by atoms with Gasteiger partial charge in [0.05, 0.1) is 7.11 Å². The third kappa shape index (κ3) is 8.28. The fourth-order valence-corrected chi connectivity index (χ4v) is 2.91. The van der Waals surface area contributed by atoms with E-state index in [0.717, 1.165) is 44.1 Å². The third-order valence-corrected chi connectivity index (χ3v) is 4.42. The predicted octanol–water partition coefficient (Wildman–Crippen LogP) is 5.32. The van der Waals surface area contributed by atoms with E-state index in [2.05, 4.69) is 17.7 Å². The number of hydrogen-bond donors (Lipinski definition) is 0. The second kappa shape index (κ2) is 12.7. The van der Waals surface area contributed by atoms with Gasteiger partial charge in [-0.1, -0.05) is 63.3 Å². The summed E-state index contributed by atoms with van der Waals surface area (Å²) < 4.78 is 4.63. The highest BCUT2D eigenvalue weighted by Crippen LogP contribution is 2.27. The number of carbonyl (C=O) groups excluding carboxylic acids is 2. The number of methoxy groups -OCH3 is 1. The van der Waals surface area contributed by atoms with Crippen LogP contribution in [-0.4, -0.2) is 18.9 Å². The molecule has 3 heteroatoms. The van der Waals surface area contributed by atoms with E-state index in [0.29, 0.717) is 6.42 Å². The number of allylic oxidation sites excluding steroid dienone is 6. The summed E-state index contributed by atoms with van der Waals surface area (Å²) in [5, 5.41) is 0. The highest BCUT2D eigenvalue weighted by atomic mass is 16.5. The van der Waals surface area contributed by atoms with E-state index in [4.69, 9.17) is 0 Å². The fourth-order valence-electron chi connectivity index (χ4n) is 2.91. The zero-order valence-corrected chi connectivity index (χ0v) is 15.3. The number of hydrogen-bond acceptors (Lipinski definition) is 3. The van der Waals surface area contributed by atoms with E-state index >= 15 is 0 Å². The summed E-state index contributed by atoms with van der Waals surface area (Å²) >= 11 is 0. The van der Waals surface area contributed by atoms with E-state index in [9.17, 15) is 9.59 Å². The molecule has 0 bridgehead atoms. The van der Waals surface area contributed by atoms with Gasteiger partial charge in [-0.3, -0.25) is 9.59 Å². The smallest absolute Gasteiger partial charge is 0.305 e. The van der Waals surface area contributed by atoms with Gasteiger partial charge >= 0.3 is 5.97 Å². The van der Waals surface area contributed by atoms with Crippen molar-refractivity contribution in [3.05, 3.63) is 36.0 Å². The Balaban J connectivity index is 2.26. The van der Waals surface area contributed by atoms with E-state index < -0.39 is 0 Å². The Labute approximate surface area is 146 Å². The van der Waals surface area contributed by atoms with Crippen LogP contribution in [-0.2, 0) is 14.3 Å². The number of esters is 1. The number of unbranched alkanes of at least 4 members (excludes halogenated alkanes) is 6. The molecule has 24 heavy (non-hydrogen) atoms. The van der Waals surface area contributed by atoms with Crippen LogP contribution in [0, 0.1) is 5.92 Å². The fraction of sp³-hybridized carbons (Fsp3) is 0.619. The molecule has 0 aromatic rings. The van der Waals surface area contributed by atoms with E-state index in [-0.39, 0.29) is 17.7 Å². The van der Waals surface area contributed by atoms with Crippen LogP contribution in [0.5, 0.6) is 0 Å². The van der Waals surface area contributed by atoms with Crippen molar-refractivity contribution >= 4 is 11.8 Å². The first-order chi connectivity index (χ1) is 11.7. The molecule has 0 radical (unpaired) electrons. The van der Waals surface area contributed by atoms with Gasteiger partial charge in [0.2, 0.25) is 0 Å². The Kier molecular flexibility index (Phi) is 10.8. The summed E-state index contributed by atoms with van der Waals surface area (Å²) in [6.07, 6.45) is 20.4. The molecule has 0 amide bonds. The first-order valence-corrected chi connectivity index (χ1v) is 9.35. The molecule has 0 fully saturated rings. The van der Waals surface area contributed by atoms with Crippen molar-refractivity contribution in [2.75, 3.05) is 7.11 Å². The van der Waals surface area contributed by atoms with Crippen LogP contribution >= 0.6 is 0 Å². The maximum absolute atomic E-state index is 12.0. The Bertz CT molecular complexity index is 471. The van der Waals surface area contributed by atoms with E-state index in [1.54, 1.807) is 6.08 Å². The zero-order chi connectivity index (χ0) is 17.6. The molecule has 0 aliphatic heterocycles. The van der Waals surface area contributed by atoms with Gasteiger partial charge in [0.1, 0.15) is 0 Å². The highest BCUT2D eigenvalue weighted by Gasteiger charge is 2.21. The third-order valence-electron chi connectivity index (χ3n) is 4.42. The monoisotopic (exact) mass is 332 g/mol. The van der Waals surface area contributed by atoms with Crippen LogP contribution in [0.1, 0.15) is 71.1 Å². The summed E-state index contributed by atoms with van der Waals surface area (Å²) in [5.74, 6) is 0.289. The SMILES string of the molecule is CCCCC/C=C/C=C1\C(=O)C=C[C@@H]1CCCCCCC(=O)OC. The van der Waals surface area contributed by atoms with Crippen LogP contribution in [0.3, 0.4) is 0 Å². The van der Waals surface area contributed by atoms with Crippen molar-refractivity contribution < 1.29 is 14.3 Å². The molecule has 1 atom stereocenters. The first kappa shape index (κ1) is 20.4. The average molecular weight is 332 g/mol. The van der Waals surface area contributed by atoms with Crippen LogP contribution in [0.4, 0.5) is 0 Å². The van der Waals surface area contributed by atoms with Gasteiger partial charge in [-0.2, -0.15) is 0 Å². The van der Waals surface area contributed by atoms with Crippen molar-refractivity contribution in [2.45, 2.75) is 71.1 Å². The molecular formula is C21H32O3. The lowest BCUT2D eigenvalue weighted by Crippen LogP contribution is -2.03. The van der Waals surface area contributed by atoms with Gasteiger partial charge < -0.3 is 4.74 Å². The summed E-state index contributed by atoms with van der Waals surface area (Å²) in [5.41, 5.74) is 0.927. The summed E-state index contributed by atoms with van der Waals surface area (Å²) in [6.45, 7) is 2.20. The lowest BCUT2D eigenvalue weighted by Gasteiger charge is -2.09. The maximum atomic E-state index is 12.0. The number of rotatable bonds is 12. The molecule has 1 aliphatic carbocycles. The topological polar surface area (TPSA) is 43.4 Å². The van der Waals surface area contributed by atoms with Gasteiger partial charge in [-0.05, 0) is 31.8 Å². The van der Waals surface area contributed by atoms with Crippen molar-refractivity contribution in [1.29, 1.82) is 0 Å². The normalized spacial score (nSPS) is 18.8. The molecule has 0 unspecified atom stereocenters. The van der Waals surface area contributed by atoms with Crippen molar-refractivity contribution in [3.63, 3.8) is 0 Å². The van der Waals surface area contributed by atoms with Crippen LogP contribution < -0.4 is 0 Å². The molecular weight excluding hydrogens is 300 g/mol. The molecule has 0 saturated carbocycles. The van der Waals surface area contributed by atoms with Crippen molar-refractivity contribution in [1.82, 2.24) is 0 Å². The Morgan fingerprint density at radius 2 is 1.96 bits per heavy atom. The molecule has 0 spiro atoms. The van der Waals surface area contributed by atoms with Crippen molar-refractivity contribution in [2.24, 2.45) is 5.92 Å². The van der Waals surface area contributed by atoms with Gasteiger partial charge in [0.25, 0.3) is 0 Å². The lowest BCUT2D eigenvalue weighted by atomic mass is 9.94. The van der Waals surface area contributed by atoms with Gasteiger partial charge in [0.15, 0.2) is 5.78 Å². The minimum absolute atomic E-state index is 0.129. The molecule has 1 rings (SSSR count). The second-order valence-corrected chi connectivity index (χ2v) is 6.40. The molecule has 0 aromatic heterocycles. The number of ether oxygens (including phenoxy) is 1. The lowest BCUT2D eigenvalue weighted by molar-refractivity contribution is -0.140. The van der Waals surface area contributed by atoms with Gasteiger partial charge in [0, 0.05) is 17.9 Å². The Hall–Kier alpha value is -1.64. The molecule has 0 N–H and O–H groups in total. The van der Waals surface area contributed by atoms with Crippen LogP contribution in [0.15, 0.2) is 36.0 Å². The highest BCUT2D eigenvalue weighted by molar-refractivity contribution is 6.07. The Morgan fingerprint density at radius 1 is 1.17 bits per heavy atom. The standard InChI is InChI=1S/C21H32O3/c1-3-4-5-6-7-11-14-19-18(16-17-20(19)22)13-10-8-9-12-15-21(23)24-2/h7,11,14,16-18H,3-6,8-10,12-13,15H2,1-2H3/b11-7+,19-14-/t18-/m0/s1.